The molecule has 17 nitrogen and oxygen atoms in total. The zero-order valence-electron chi connectivity index (χ0n) is 65.8. The van der Waals surface area contributed by atoms with Crippen LogP contribution in [0.3, 0.4) is 0 Å². The smallest absolute Gasteiger partial charge is 0.462 e. The first kappa shape index (κ1) is 98.1. The Morgan fingerprint density at radius 3 is 0.710 bits per heavy atom. The molecule has 4 unspecified atom stereocenters. The van der Waals surface area contributed by atoms with Crippen LogP contribution in [0.1, 0.15) is 415 Å². The fourth-order valence-electron chi connectivity index (χ4n) is 12.4. The van der Waals surface area contributed by atoms with Gasteiger partial charge in [0, 0.05) is 25.7 Å². The van der Waals surface area contributed by atoms with Crippen molar-refractivity contribution in [2.45, 2.75) is 433 Å². The quantitative estimate of drug-likeness (QED) is 0.0222. The Bertz CT molecular complexity index is 1960. The Kier molecular flexibility index (Phi) is 68.7. The normalized spacial score (nSPS) is 14.3. The summed E-state index contributed by atoms with van der Waals surface area (Å²) in [5.41, 5.74) is 0. The highest BCUT2D eigenvalue weighted by molar-refractivity contribution is 7.47. The fourth-order valence-corrected chi connectivity index (χ4v) is 14.0. The fraction of sp³-hybridized carbons (Fsp3) is 0.951. The molecule has 0 amide bonds. The minimum atomic E-state index is -4.96. The van der Waals surface area contributed by atoms with Gasteiger partial charge in [0.25, 0.3) is 0 Å². The van der Waals surface area contributed by atoms with Crippen LogP contribution in [-0.4, -0.2) is 96.7 Å². The Hall–Kier alpha value is -1.94. The average Bonchev–Trinajstić information content (AvgIpc) is 0.915. The highest BCUT2D eigenvalue weighted by Gasteiger charge is 2.30. The summed E-state index contributed by atoms with van der Waals surface area (Å²) < 4.78 is 68.6. The number of hydrogen-bond donors (Lipinski definition) is 3. The molecular formula is C81H158O17P2. The molecule has 0 rings (SSSR count). The summed E-state index contributed by atoms with van der Waals surface area (Å²) in [7, 11) is -9.92. The zero-order valence-corrected chi connectivity index (χ0v) is 67.6. The molecule has 19 heteroatoms. The molecule has 0 heterocycles. The summed E-state index contributed by atoms with van der Waals surface area (Å²) in [4.78, 5) is 72.9. The van der Waals surface area contributed by atoms with Gasteiger partial charge in [0.15, 0.2) is 12.2 Å². The Morgan fingerprint density at radius 1 is 0.280 bits per heavy atom. The van der Waals surface area contributed by atoms with Gasteiger partial charge < -0.3 is 33.8 Å². The van der Waals surface area contributed by atoms with E-state index >= 15 is 0 Å². The molecule has 0 saturated heterocycles. The van der Waals surface area contributed by atoms with Gasteiger partial charge in [0.05, 0.1) is 26.4 Å². The van der Waals surface area contributed by atoms with Crippen LogP contribution in [0.15, 0.2) is 0 Å². The molecule has 0 aliphatic heterocycles. The maximum atomic E-state index is 13.1. The standard InChI is InChI=1S/C81H158O17P2/c1-9-74(8)60-52-44-35-28-24-20-16-12-10-11-13-17-21-25-29-36-45-53-61-78(83)91-67-76(97-80(85)63-55-47-38-30-26-22-18-14-15-19-23-27-33-41-49-57-71(2)3)69-95-99(87,88)93-65-75(82)66-94-100(89,90)96-70-77(98-81(86)64-56-48-40-39-43-51-59-73(6)7)68-92-79(84)62-54-46-37-32-31-34-42-50-58-72(4)5/h71-77,82H,9-70H2,1-8H3,(H,87,88)(H,89,90)/t74?,75?,76-,77-/m1/s1. The van der Waals surface area contributed by atoms with E-state index in [1.807, 2.05) is 0 Å². The van der Waals surface area contributed by atoms with Crippen molar-refractivity contribution in [3.8, 4) is 0 Å². The topological polar surface area (TPSA) is 237 Å². The first-order valence-electron chi connectivity index (χ1n) is 41.7. The van der Waals surface area contributed by atoms with Gasteiger partial charge in [-0.05, 0) is 49.4 Å². The molecule has 6 atom stereocenters. The molecule has 0 aliphatic rings. The van der Waals surface area contributed by atoms with Crippen LogP contribution in [0.2, 0.25) is 0 Å². The summed E-state index contributed by atoms with van der Waals surface area (Å²) in [5.74, 6) is 0.952. The second-order valence-corrected chi connectivity index (χ2v) is 33.7. The van der Waals surface area contributed by atoms with Gasteiger partial charge in [-0.2, -0.15) is 0 Å². The van der Waals surface area contributed by atoms with Crippen LogP contribution in [0, 0.1) is 23.7 Å². The lowest BCUT2D eigenvalue weighted by Crippen LogP contribution is -2.30. The van der Waals surface area contributed by atoms with Crippen molar-refractivity contribution < 1.29 is 80.2 Å². The number of carbonyl (C=O) groups excluding carboxylic acids is 4. The van der Waals surface area contributed by atoms with Gasteiger partial charge in [-0.25, -0.2) is 9.13 Å². The van der Waals surface area contributed by atoms with Crippen molar-refractivity contribution in [2.75, 3.05) is 39.6 Å². The number of phosphoric ester groups is 2. The Balaban J connectivity index is 5.17. The third kappa shape index (κ3) is 73.0. The van der Waals surface area contributed by atoms with Crippen LogP contribution in [-0.2, 0) is 65.4 Å². The summed E-state index contributed by atoms with van der Waals surface area (Å²) >= 11 is 0. The van der Waals surface area contributed by atoms with Crippen molar-refractivity contribution in [3.05, 3.63) is 0 Å². The molecule has 0 aromatic rings. The van der Waals surface area contributed by atoms with Crippen molar-refractivity contribution in [2.24, 2.45) is 23.7 Å². The van der Waals surface area contributed by atoms with Gasteiger partial charge in [0.1, 0.15) is 19.3 Å². The van der Waals surface area contributed by atoms with Crippen LogP contribution in [0.4, 0.5) is 0 Å². The monoisotopic (exact) mass is 1470 g/mol. The number of aliphatic hydroxyl groups is 1. The highest BCUT2D eigenvalue weighted by atomic mass is 31.2. The maximum absolute atomic E-state index is 13.1. The number of ether oxygens (including phenoxy) is 4. The lowest BCUT2D eigenvalue weighted by Gasteiger charge is -2.21. The number of aliphatic hydroxyl groups excluding tert-OH is 1. The maximum Gasteiger partial charge on any atom is 0.472 e. The highest BCUT2D eigenvalue weighted by Crippen LogP contribution is 2.45. The van der Waals surface area contributed by atoms with E-state index in [4.69, 9.17) is 37.0 Å². The van der Waals surface area contributed by atoms with E-state index in [2.05, 4.69) is 55.4 Å². The van der Waals surface area contributed by atoms with Crippen molar-refractivity contribution in [3.63, 3.8) is 0 Å². The summed E-state index contributed by atoms with van der Waals surface area (Å²) in [6.45, 7) is 14.2. The number of rotatable bonds is 78. The number of hydrogen-bond acceptors (Lipinski definition) is 15. The van der Waals surface area contributed by atoms with Crippen LogP contribution in [0.5, 0.6) is 0 Å². The minimum Gasteiger partial charge on any atom is -0.462 e. The van der Waals surface area contributed by atoms with E-state index < -0.39 is 97.5 Å². The van der Waals surface area contributed by atoms with Gasteiger partial charge in [-0.1, -0.05) is 364 Å². The molecular weight excluding hydrogens is 1310 g/mol. The average molecular weight is 1470 g/mol. The molecule has 0 radical (unpaired) electrons. The number of unbranched alkanes of at least 4 members (excludes halogenated alkanes) is 43. The van der Waals surface area contributed by atoms with E-state index in [-0.39, 0.29) is 25.7 Å². The first-order valence-corrected chi connectivity index (χ1v) is 44.7. The summed E-state index contributed by atoms with van der Waals surface area (Å²) in [5, 5.41) is 10.6. The molecule has 100 heavy (non-hydrogen) atoms. The van der Waals surface area contributed by atoms with E-state index in [9.17, 15) is 43.2 Å². The second-order valence-electron chi connectivity index (χ2n) is 30.8. The van der Waals surface area contributed by atoms with Crippen LogP contribution >= 0.6 is 15.6 Å². The van der Waals surface area contributed by atoms with E-state index in [0.717, 1.165) is 108 Å². The van der Waals surface area contributed by atoms with Crippen LogP contribution < -0.4 is 0 Å². The lowest BCUT2D eigenvalue weighted by atomic mass is 9.99. The molecule has 0 aliphatic carbocycles. The predicted octanol–water partition coefficient (Wildman–Crippen LogP) is 24.0. The number of esters is 4. The molecule has 3 N–H and O–H groups in total. The predicted molar refractivity (Wildman–Crippen MR) is 409 cm³/mol. The molecule has 0 aromatic heterocycles. The molecule has 0 bridgehead atoms. The minimum absolute atomic E-state index is 0.101. The van der Waals surface area contributed by atoms with Gasteiger partial charge >= 0.3 is 39.5 Å². The van der Waals surface area contributed by atoms with Gasteiger partial charge in [-0.3, -0.25) is 37.3 Å². The van der Waals surface area contributed by atoms with E-state index in [1.165, 1.54) is 218 Å². The SMILES string of the molecule is CCC(C)CCCCCCCCCCCCCCCCCCCCC(=O)OC[C@H](COP(=O)(O)OCC(O)COP(=O)(O)OC[C@@H](COC(=O)CCCCCCCCCCC(C)C)OC(=O)CCCCCCCCC(C)C)OC(=O)CCCCCCCCCCCCCCCCCC(C)C. The third-order valence-electron chi connectivity index (χ3n) is 19.2. The van der Waals surface area contributed by atoms with Crippen LogP contribution in [0.25, 0.3) is 0 Å². The summed E-state index contributed by atoms with van der Waals surface area (Å²) in [6, 6.07) is 0. The van der Waals surface area contributed by atoms with Crippen molar-refractivity contribution in [1.29, 1.82) is 0 Å². The molecule has 594 valence electrons. The van der Waals surface area contributed by atoms with E-state index in [1.54, 1.807) is 0 Å². The molecule has 0 spiro atoms. The molecule has 0 saturated carbocycles. The number of phosphoric acid groups is 2. The lowest BCUT2D eigenvalue weighted by molar-refractivity contribution is -0.161. The largest absolute Gasteiger partial charge is 0.472 e. The second kappa shape index (κ2) is 70.1. The number of carbonyl (C=O) groups is 4. The van der Waals surface area contributed by atoms with Crippen molar-refractivity contribution >= 4 is 39.5 Å². The van der Waals surface area contributed by atoms with Gasteiger partial charge in [-0.15, -0.1) is 0 Å². The first-order chi connectivity index (χ1) is 48.1. The third-order valence-corrected chi connectivity index (χ3v) is 21.1. The molecule has 0 aromatic carbocycles. The Labute approximate surface area is 613 Å². The Morgan fingerprint density at radius 2 is 0.480 bits per heavy atom. The van der Waals surface area contributed by atoms with E-state index in [0.29, 0.717) is 31.6 Å². The molecule has 0 fully saturated rings. The zero-order chi connectivity index (χ0) is 73.8. The van der Waals surface area contributed by atoms with Crippen molar-refractivity contribution in [1.82, 2.24) is 0 Å². The summed E-state index contributed by atoms with van der Waals surface area (Å²) in [6.07, 6.45) is 57.3. The van der Waals surface area contributed by atoms with Gasteiger partial charge in [0.2, 0.25) is 0 Å².